The molecule has 4 heteroatoms. The van der Waals surface area contributed by atoms with Crippen molar-refractivity contribution in [1.82, 2.24) is 0 Å². The maximum Gasteiger partial charge on any atom is 0.329 e. The molecular weight excluding hydrogens is 210 g/mol. The van der Waals surface area contributed by atoms with Crippen LogP contribution in [-0.2, 0) is 4.79 Å². The summed E-state index contributed by atoms with van der Waals surface area (Å²) in [6, 6.07) is -0.482. The smallest absolute Gasteiger partial charge is 0.329 e. The Labute approximate surface area is 94.4 Å². The van der Waals surface area contributed by atoms with Crippen LogP contribution in [-0.4, -0.2) is 27.9 Å². The van der Waals surface area contributed by atoms with Gasteiger partial charge in [-0.1, -0.05) is 19.8 Å². The van der Waals surface area contributed by atoms with Gasteiger partial charge in [-0.25, -0.2) is 4.79 Å². The molecule has 0 aromatic rings. The van der Waals surface area contributed by atoms with Gasteiger partial charge in [0.05, 0.1) is 5.04 Å². The molecule has 3 nitrogen and oxygen atoms in total. The second-order valence-electron chi connectivity index (χ2n) is 4.59. The summed E-state index contributed by atoms with van der Waals surface area (Å²) in [5, 5.41) is 9.96. The molecule has 84 valence electrons. The second kappa shape index (κ2) is 4.56. The van der Waals surface area contributed by atoms with Crippen LogP contribution in [0.4, 0.5) is 0 Å². The molecule has 0 saturated heterocycles. The number of hydrogen-bond donors (Lipinski definition) is 1. The van der Waals surface area contributed by atoms with E-state index in [-0.39, 0.29) is 0 Å². The first-order valence-electron chi connectivity index (χ1n) is 5.60. The number of aliphatic imine (C=N–C) groups is 1. The minimum atomic E-state index is -0.776. The Balaban J connectivity index is 1.94. The van der Waals surface area contributed by atoms with E-state index >= 15 is 0 Å². The largest absolute Gasteiger partial charge is 0.480 e. The lowest BCUT2D eigenvalue weighted by Crippen LogP contribution is -2.19. The van der Waals surface area contributed by atoms with Crippen molar-refractivity contribution in [3.05, 3.63) is 0 Å². The molecule has 2 rings (SSSR count). The number of rotatable bonds is 2. The maximum atomic E-state index is 10.8. The van der Waals surface area contributed by atoms with E-state index in [2.05, 4.69) is 11.9 Å². The highest BCUT2D eigenvalue weighted by Crippen LogP contribution is 2.35. The molecule has 1 fully saturated rings. The molecule has 2 aliphatic rings. The molecule has 1 atom stereocenters. The van der Waals surface area contributed by atoms with E-state index in [4.69, 9.17) is 5.11 Å². The van der Waals surface area contributed by atoms with Crippen LogP contribution >= 0.6 is 11.8 Å². The molecule has 0 amide bonds. The highest BCUT2D eigenvalue weighted by molar-refractivity contribution is 8.14. The van der Waals surface area contributed by atoms with Crippen LogP contribution in [0, 0.1) is 11.8 Å². The van der Waals surface area contributed by atoms with Crippen molar-refractivity contribution in [1.29, 1.82) is 0 Å². The Bertz CT molecular complexity index is 282. The fourth-order valence-corrected chi connectivity index (χ4v) is 3.47. The molecule has 0 bridgehead atoms. The van der Waals surface area contributed by atoms with Crippen molar-refractivity contribution in [3.8, 4) is 0 Å². The first-order valence-corrected chi connectivity index (χ1v) is 6.58. The molecule has 0 aromatic carbocycles. The summed E-state index contributed by atoms with van der Waals surface area (Å²) in [6.45, 7) is 2.29. The third-order valence-electron chi connectivity index (χ3n) is 3.32. The zero-order valence-corrected chi connectivity index (χ0v) is 9.80. The summed E-state index contributed by atoms with van der Waals surface area (Å²) in [5.74, 6) is 1.25. The highest BCUT2D eigenvalue weighted by Gasteiger charge is 2.30. The molecule has 0 spiro atoms. The van der Waals surface area contributed by atoms with E-state index < -0.39 is 12.0 Å². The Hall–Kier alpha value is -0.510. The lowest BCUT2D eigenvalue weighted by atomic mass is 9.83. The number of carboxylic acids is 1. The van der Waals surface area contributed by atoms with Gasteiger partial charge in [-0.2, -0.15) is 0 Å². The summed E-state index contributed by atoms with van der Waals surface area (Å²) in [6.07, 6.45) is 4.92. The number of aliphatic carboxylic acids is 1. The number of thioether (sulfide) groups is 1. The van der Waals surface area contributed by atoms with Gasteiger partial charge in [0.25, 0.3) is 0 Å². The van der Waals surface area contributed by atoms with Crippen molar-refractivity contribution >= 4 is 22.8 Å². The van der Waals surface area contributed by atoms with Crippen LogP contribution in [0.25, 0.3) is 0 Å². The third-order valence-corrected chi connectivity index (χ3v) is 4.54. The minimum Gasteiger partial charge on any atom is -0.480 e. The van der Waals surface area contributed by atoms with Gasteiger partial charge in [0.1, 0.15) is 0 Å². The molecule has 1 saturated carbocycles. The minimum absolute atomic E-state index is 0.482. The summed E-state index contributed by atoms with van der Waals surface area (Å²) >= 11 is 1.66. The SMILES string of the molecule is CC1CCC(C2=NC(C(=O)O)CS2)CC1. The standard InChI is InChI=1S/C11H17NO2S/c1-7-2-4-8(5-3-7)10-12-9(6-15-10)11(13)14/h7-9H,2-6H2,1H3,(H,13,14). The van der Waals surface area contributed by atoms with Crippen LogP contribution in [0.1, 0.15) is 32.6 Å². The predicted octanol–water partition coefficient (Wildman–Crippen LogP) is 2.41. The Morgan fingerprint density at radius 3 is 2.60 bits per heavy atom. The van der Waals surface area contributed by atoms with Crippen LogP contribution < -0.4 is 0 Å². The Morgan fingerprint density at radius 1 is 1.40 bits per heavy atom. The van der Waals surface area contributed by atoms with E-state index in [1.54, 1.807) is 11.8 Å². The highest BCUT2D eigenvalue weighted by atomic mass is 32.2. The normalized spacial score (nSPS) is 36.3. The zero-order chi connectivity index (χ0) is 10.8. The maximum absolute atomic E-state index is 10.8. The first-order chi connectivity index (χ1) is 7.16. The summed E-state index contributed by atoms with van der Waals surface area (Å²) in [7, 11) is 0. The lowest BCUT2D eigenvalue weighted by molar-refractivity contribution is -0.137. The molecular formula is C11H17NO2S. The topological polar surface area (TPSA) is 49.7 Å². The van der Waals surface area contributed by atoms with Gasteiger partial charge in [0.15, 0.2) is 6.04 Å². The van der Waals surface area contributed by atoms with E-state index in [0.29, 0.717) is 11.7 Å². The van der Waals surface area contributed by atoms with Gasteiger partial charge in [0.2, 0.25) is 0 Å². The van der Waals surface area contributed by atoms with Gasteiger partial charge >= 0.3 is 5.97 Å². The Kier molecular flexibility index (Phi) is 3.34. The fourth-order valence-electron chi connectivity index (χ4n) is 2.25. The number of carbonyl (C=O) groups is 1. The van der Waals surface area contributed by atoms with Crippen molar-refractivity contribution < 1.29 is 9.90 Å². The summed E-state index contributed by atoms with van der Waals surface area (Å²) in [4.78, 5) is 15.1. The van der Waals surface area contributed by atoms with Gasteiger partial charge in [-0.15, -0.1) is 11.8 Å². The molecule has 1 aliphatic heterocycles. The molecule has 1 aliphatic carbocycles. The summed E-state index contributed by atoms with van der Waals surface area (Å²) in [5.41, 5.74) is 0. The van der Waals surface area contributed by atoms with Crippen LogP contribution in [0.2, 0.25) is 0 Å². The molecule has 1 N–H and O–H groups in total. The van der Waals surface area contributed by atoms with E-state index in [0.717, 1.165) is 11.0 Å². The van der Waals surface area contributed by atoms with Gasteiger partial charge in [-0.3, -0.25) is 4.99 Å². The average Bonchev–Trinajstić information content (AvgIpc) is 2.68. The molecule has 15 heavy (non-hydrogen) atoms. The number of hydrogen-bond acceptors (Lipinski definition) is 3. The molecule has 1 heterocycles. The van der Waals surface area contributed by atoms with Crippen LogP contribution in [0.3, 0.4) is 0 Å². The monoisotopic (exact) mass is 227 g/mol. The van der Waals surface area contributed by atoms with Crippen molar-refractivity contribution in [3.63, 3.8) is 0 Å². The summed E-state index contributed by atoms with van der Waals surface area (Å²) < 4.78 is 0. The molecule has 1 unspecified atom stereocenters. The van der Waals surface area contributed by atoms with E-state index in [9.17, 15) is 4.79 Å². The molecule has 0 radical (unpaired) electrons. The van der Waals surface area contributed by atoms with Crippen LogP contribution in [0.5, 0.6) is 0 Å². The van der Waals surface area contributed by atoms with Crippen LogP contribution in [0.15, 0.2) is 4.99 Å². The number of nitrogens with zero attached hydrogens (tertiary/aromatic N) is 1. The first kappa shape index (κ1) is 11.0. The van der Waals surface area contributed by atoms with Gasteiger partial charge in [0, 0.05) is 11.7 Å². The quantitative estimate of drug-likeness (QED) is 0.788. The second-order valence-corrected chi connectivity index (χ2v) is 5.63. The number of carboxylic acid groups (broad SMARTS) is 1. The third kappa shape index (κ3) is 2.54. The molecule has 0 aromatic heterocycles. The van der Waals surface area contributed by atoms with E-state index in [1.165, 1.54) is 25.7 Å². The van der Waals surface area contributed by atoms with E-state index in [1.807, 2.05) is 0 Å². The van der Waals surface area contributed by atoms with Crippen molar-refractivity contribution in [2.24, 2.45) is 16.8 Å². The van der Waals surface area contributed by atoms with Gasteiger partial charge < -0.3 is 5.11 Å². The van der Waals surface area contributed by atoms with Crippen molar-refractivity contribution in [2.45, 2.75) is 38.6 Å². The Morgan fingerprint density at radius 2 is 2.07 bits per heavy atom. The average molecular weight is 227 g/mol. The van der Waals surface area contributed by atoms with Crippen molar-refractivity contribution in [2.75, 3.05) is 5.75 Å². The van der Waals surface area contributed by atoms with Gasteiger partial charge in [-0.05, 0) is 18.8 Å². The lowest BCUT2D eigenvalue weighted by Gasteiger charge is -2.25. The predicted molar refractivity (Wildman–Crippen MR) is 62.4 cm³/mol. The zero-order valence-electron chi connectivity index (χ0n) is 8.98. The fraction of sp³-hybridized carbons (Fsp3) is 0.818.